The Kier molecular flexibility index (Phi) is 19.9. The van der Waals surface area contributed by atoms with Crippen LogP contribution >= 0.6 is 0 Å². The second kappa shape index (κ2) is 16.5. The third-order valence-electron chi connectivity index (χ3n) is 1.07. The molecule has 0 bridgehead atoms. The number of hydrogen-bond donors (Lipinski definition) is 0. The van der Waals surface area contributed by atoms with Crippen molar-refractivity contribution in [2.75, 3.05) is 0 Å². The Hall–Kier alpha value is -1.93. The van der Waals surface area contributed by atoms with Crippen molar-refractivity contribution in [2.45, 2.75) is 13.8 Å². The first kappa shape index (κ1) is 20.5. The molecule has 0 rings (SSSR count). The first-order valence-corrected chi connectivity index (χ1v) is 4.55. The average Bonchev–Trinajstić information content (AvgIpc) is 2.18. The molecule has 0 amide bonds. The van der Waals surface area contributed by atoms with Crippen molar-refractivity contribution >= 4 is 22.1 Å². The number of allylic oxidation sites excluding steroid dienone is 6. The van der Waals surface area contributed by atoms with Gasteiger partial charge in [0, 0.05) is 0 Å². The summed E-state index contributed by atoms with van der Waals surface area (Å²) in [6.45, 7) is 3.61. The fourth-order valence-electron chi connectivity index (χ4n) is 0.490. The van der Waals surface area contributed by atoms with Gasteiger partial charge in [-0.25, -0.2) is 0 Å². The largest absolute Gasteiger partial charge is 2.00 e. The molecule has 0 unspecified atom stereocenters. The number of carboxylic acids is 2. The number of carboxylic acid groups (broad SMARTS) is 2. The van der Waals surface area contributed by atoms with Crippen LogP contribution in [0, 0.1) is 0 Å². The molecule has 0 saturated carbocycles. The van der Waals surface area contributed by atoms with E-state index in [2.05, 4.69) is 0 Å². The maximum absolute atomic E-state index is 9.64. The van der Waals surface area contributed by atoms with Crippen molar-refractivity contribution in [3.8, 4) is 0 Å². The Morgan fingerprint density at radius 2 is 1.06 bits per heavy atom. The molecule has 0 heterocycles. The van der Waals surface area contributed by atoms with E-state index < -0.39 is 11.9 Å². The van der Waals surface area contributed by atoms with Gasteiger partial charge in [-0.3, -0.25) is 0 Å². The molecule has 0 aliphatic carbocycles. The van der Waals surface area contributed by atoms with E-state index in [1.54, 1.807) is 38.2 Å². The van der Waals surface area contributed by atoms with Gasteiger partial charge in [0.05, 0.1) is 11.9 Å². The van der Waals surface area contributed by atoms with Crippen molar-refractivity contribution in [1.82, 2.24) is 0 Å². The van der Waals surface area contributed by atoms with Crippen LogP contribution in [0.4, 0.5) is 0 Å². The van der Waals surface area contributed by atoms with E-state index in [1.807, 2.05) is 0 Å². The van der Waals surface area contributed by atoms with E-state index >= 15 is 0 Å². The fraction of sp³-hybridized carbons (Fsp3) is 0.167. The smallest absolute Gasteiger partial charge is 0.545 e. The van der Waals surface area contributed by atoms with Gasteiger partial charge in [0.1, 0.15) is 0 Å². The SMILES string of the molecule is C/C=C/C=C/C(=O)[O-].C/C=C/C=C/C(=O)[O-].[Be+2]. The van der Waals surface area contributed by atoms with Gasteiger partial charge in [-0.2, -0.15) is 0 Å². The molecule has 0 atom stereocenters. The van der Waals surface area contributed by atoms with Crippen LogP contribution in [0.3, 0.4) is 0 Å². The molecule has 0 aromatic heterocycles. The molecular formula is C12H14BeO4. The number of carbonyl (C=O) groups is 2. The van der Waals surface area contributed by atoms with Gasteiger partial charge in [0.2, 0.25) is 0 Å². The minimum atomic E-state index is -1.16. The molecule has 0 aliphatic heterocycles. The Morgan fingerprint density at radius 1 is 0.765 bits per heavy atom. The summed E-state index contributed by atoms with van der Waals surface area (Å²) in [5.74, 6) is -2.33. The second-order valence-corrected chi connectivity index (χ2v) is 2.41. The molecule has 0 N–H and O–H groups in total. The number of carbonyl (C=O) groups excluding carboxylic acids is 2. The van der Waals surface area contributed by atoms with Gasteiger partial charge in [0.15, 0.2) is 0 Å². The summed E-state index contributed by atoms with van der Waals surface area (Å²) >= 11 is 0. The summed E-state index contributed by atoms with van der Waals surface area (Å²) < 4.78 is 0. The van der Waals surface area contributed by atoms with E-state index in [0.717, 1.165) is 12.2 Å². The molecule has 4 nitrogen and oxygen atoms in total. The van der Waals surface area contributed by atoms with Crippen LogP contribution in [0.1, 0.15) is 13.8 Å². The van der Waals surface area contributed by atoms with Crippen molar-refractivity contribution in [2.24, 2.45) is 0 Å². The van der Waals surface area contributed by atoms with Crippen molar-refractivity contribution < 1.29 is 19.8 Å². The fourth-order valence-corrected chi connectivity index (χ4v) is 0.490. The molecule has 0 fully saturated rings. The molecule has 0 aromatic carbocycles. The van der Waals surface area contributed by atoms with Crippen LogP contribution in [0.2, 0.25) is 0 Å². The summed E-state index contributed by atoms with van der Waals surface area (Å²) in [6, 6.07) is 0. The molecular weight excluding hydrogens is 217 g/mol. The number of rotatable bonds is 4. The van der Waals surface area contributed by atoms with Gasteiger partial charge in [0.25, 0.3) is 0 Å². The Labute approximate surface area is 105 Å². The molecule has 17 heavy (non-hydrogen) atoms. The van der Waals surface area contributed by atoms with E-state index in [0.29, 0.717) is 0 Å². The second-order valence-electron chi connectivity index (χ2n) is 2.41. The maximum Gasteiger partial charge on any atom is 2.00 e. The first-order chi connectivity index (χ1) is 7.54. The molecule has 0 aliphatic rings. The summed E-state index contributed by atoms with van der Waals surface area (Å²) in [6.07, 6.45) is 11.5. The topological polar surface area (TPSA) is 80.3 Å². The zero-order valence-corrected chi connectivity index (χ0v) is 9.96. The van der Waals surface area contributed by atoms with Crippen LogP contribution in [0.5, 0.6) is 0 Å². The average molecular weight is 231 g/mol. The maximum atomic E-state index is 9.64. The summed E-state index contributed by atoms with van der Waals surface area (Å²) in [5, 5.41) is 19.3. The van der Waals surface area contributed by atoms with Gasteiger partial charge in [-0.15, -0.1) is 0 Å². The Balaban J connectivity index is -0.000000218. The van der Waals surface area contributed by atoms with E-state index in [9.17, 15) is 19.8 Å². The standard InChI is InChI=1S/2C6H8O2.Be/c2*1-2-3-4-5-6(7)8;/h2*2-5H,1H3,(H,7,8);/q;;+2/p-2/b2*3-2+,5-4+;. The quantitative estimate of drug-likeness (QED) is 0.366. The van der Waals surface area contributed by atoms with Crippen molar-refractivity contribution in [1.29, 1.82) is 0 Å². The molecule has 88 valence electrons. The zero-order chi connectivity index (χ0) is 12.8. The first-order valence-electron chi connectivity index (χ1n) is 4.55. The molecule has 5 heteroatoms. The van der Waals surface area contributed by atoms with E-state index in [4.69, 9.17) is 0 Å². The predicted molar refractivity (Wildman–Crippen MR) is 63.7 cm³/mol. The van der Waals surface area contributed by atoms with Gasteiger partial charge < -0.3 is 19.8 Å². The normalized spacial score (nSPS) is 10.5. The zero-order valence-electron chi connectivity index (χ0n) is 9.96. The van der Waals surface area contributed by atoms with Gasteiger partial charge in [-0.1, -0.05) is 36.5 Å². The molecule has 0 saturated heterocycles. The van der Waals surface area contributed by atoms with Gasteiger partial charge in [-0.05, 0) is 26.0 Å². The molecule has 0 spiro atoms. The predicted octanol–water partition coefficient (Wildman–Crippen LogP) is -0.644. The number of aliphatic carboxylic acids is 2. The Bertz CT molecular complexity index is 282. The molecule has 0 aromatic rings. The van der Waals surface area contributed by atoms with Gasteiger partial charge >= 0.3 is 10.1 Å². The van der Waals surface area contributed by atoms with Crippen LogP contribution in [0.15, 0.2) is 48.6 Å². The van der Waals surface area contributed by atoms with Crippen molar-refractivity contribution in [3.05, 3.63) is 48.6 Å². The minimum absolute atomic E-state index is 0. The van der Waals surface area contributed by atoms with Crippen LogP contribution < -0.4 is 10.2 Å². The molecule has 0 radical (unpaired) electrons. The summed E-state index contributed by atoms with van der Waals surface area (Å²) in [7, 11) is 0. The number of hydrogen-bond acceptors (Lipinski definition) is 4. The summed E-state index contributed by atoms with van der Waals surface area (Å²) in [4.78, 5) is 19.3. The van der Waals surface area contributed by atoms with E-state index in [1.165, 1.54) is 12.2 Å². The monoisotopic (exact) mass is 231 g/mol. The van der Waals surface area contributed by atoms with Crippen LogP contribution in [0.25, 0.3) is 0 Å². The third kappa shape index (κ3) is 31.5. The summed E-state index contributed by atoms with van der Waals surface area (Å²) in [5.41, 5.74) is 0. The van der Waals surface area contributed by atoms with E-state index in [-0.39, 0.29) is 10.1 Å². The van der Waals surface area contributed by atoms with Crippen LogP contribution in [-0.4, -0.2) is 22.1 Å². The Morgan fingerprint density at radius 3 is 1.24 bits per heavy atom. The minimum Gasteiger partial charge on any atom is -0.545 e. The third-order valence-corrected chi connectivity index (χ3v) is 1.07. The van der Waals surface area contributed by atoms with Crippen molar-refractivity contribution in [3.63, 3.8) is 0 Å². The van der Waals surface area contributed by atoms with Crippen LogP contribution in [-0.2, 0) is 9.59 Å².